The predicted octanol–water partition coefficient (Wildman–Crippen LogP) is -1.45. The number of phenols is 1. The highest BCUT2D eigenvalue weighted by Gasteiger charge is 2.46. The molecule has 22 heavy (non-hydrogen) atoms. The second-order valence-electron chi connectivity index (χ2n) is 4.94. The van der Waals surface area contributed by atoms with Crippen LogP contribution in [0.4, 0.5) is 0 Å². The summed E-state index contributed by atoms with van der Waals surface area (Å²) < 4.78 is 16.4. The van der Waals surface area contributed by atoms with Crippen molar-refractivity contribution in [3.05, 3.63) is 24.3 Å². The lowest BCUT2D eigenvalue weighted by Crippen LogP contribution is -2.61. The number of hydrogen-bond donors (Lipinski definition) is 5. The van der Waals surface area contributed by atoms with Crippen molar-refractivity contribution < 1.29 is 34.6 Å². The van der Waals surface area contributed by atoms with Gasteiger partial charge in [0.05, 0.1) is 13.2 Å². The molecule has 124 valence electrons. The van der Waals surface area contributed by atoms with Gasteiger partial charge in [-0.1, -0.05) is 0 Å². The molecule has 1 aliphatic heterocycles. The minimum atomic E-state index is -1.32. The lowest BCUT2D eigenvalue weighted by atomic mass is 9.99. The molecule has 0 saturated carbocycles. The van der Waals surface area contributed by atoms with Gasteiger partial charge in [-0.3, -0.25) is 0 Å². The molecule has 1 fully saturated rings. The van der Waals surface area contributed by atoms with Crippen LogP contribution in [-0.2, 0) is 9.47 Å². The average molecular weight is 315 g/mol. The number of aromatic hydroxyl groups is 1. The Balaban J connectivity index is 2.13. The maximum atomic E-state index is 10.2. The molecular formula is C14H21NO7. The Morgan fingerprint density at radius 1 is 1.14 bits per heavy atom. The van der Waals surface area contributed by atoms with Crippen molar-refractivity contribution in [2.24, 2.45) is 5.73 Å². The van der Waals surface area contributed by atoms with Crippen LogP contribution in [0.3, 0.4) is 0 Å². The zero-order chi connectivity index (χ0) is 16.1. The first kappa shape index (κ1) is 16.9. The van der Waals surface area contributed by atoms with Gasteiger partial charge < -0.3 is 40.4 Å². The molecule has 0 amide bonds. The highest BCUT2D eigenvalue weighted by molar-refractivity contribution is 5.30. The molecule has 0 aliphatic carbocycles. The Kier molecular flexibility index (Phi) is 5.95. The van der Waals surface area contributed by atoms with Gasteiger partial charge in [0.15, 0.2) is 12.4 Å². The van der Waals surface area contributed by atoms with E-state index >= 15 is 0 Å². The summed E-state index contributed by atoms with van der Waals surface area (Å²) in [4.78, 5) is 0. The molecule has 0 radical (unpaired) electrons. The predicted molar refractivity (Wildman–Crippen MR) is 75.3 cm³/mol. The van der Waals surface area contributed by atoms with E-state index in [1.54, 1.807) is 0 Å². The molecule has 1 heterocycles. The van der Waals surface area contributed by atoms with Crippen LogP contribution in [0.2, 0.25) is 0 Å². The zero-order valence-electron chi connectivity index (χ0n) is 11.9. The van der Waals surface area contributed by atoms with Crippen LogP contribution in [0.25, 0.3) is 0 Å². The zero-order valence-corrected chi connectivity index (χ0v) is 11.9. The van der Waals surface area contributed by atoms with Crippen LogP contribution in [0.1, 0.15) is 0 Å². The summed E-state index contributed by atoms with van der Waals surface area (Å²) in [6.07, 6.45) is -5.61. The quantitative estimate of drug-likeness (QED) is 0.430. The molecule has 0 aromatic heterocycles. The van der Waals surface area contributed by atoms with Gasteiger partial charge in [-0.05, 0) is 24.3 Å². The van der Waals surface area contributed by atoms with E-state index in [2.05, 4.69) is 0 Å². The van der Waals surface area contributed by atoms with Gasteiger partial charge in [0, 0.05) is 6.54 Å². The van der Waals surface area contributed by atoms with Gasteiger partial charge in [0.25, 0.3) is 0 Å². The molecule has 1 aliphatic rings. The van der Waals surface area contributed by atoms with Gasteiger partial charge >= 0.3 is 0 Å². The molecule has 0 bridgehead atoms. The number of aliphatic hydroxyl groups is 3. The first-order valence-electron chi connectivity index (χ1n) is 6.96. The molecule has 8 nitrogen and oxygen atoms in total. The van der Waals surface area contributed by atoms with E-state index in [4.69, 9.17) is 19.9 Å². The van der Waals surface area contributed by atoms with Crippen LogP contribution in [-0.4, -0.2) is 70.9 Å². The van der Waals surface area contributed by atoms with Crippen LogP contribution >= 0.6 is 0 Å². The Morgan fingerprint density at radius 2 is 1.82 bits per heavy atom. The summed E-state index contributed by atoms with van der Waals surface area (Å²) in [7, 11) is 0. The van der Waals surface area contributed by atoms with E-state index in [-0.39, 0.29) is 18.9 Å². The largest absolute Gasteiger partial charge is 0.508 e. The average Bonchev–Trinajstić information content (AvgIpc) is 2.53. The van der Waals surface area contributed by atoms with Crippen LogP contribution < -0.4 is 10.5 Å². The Bertz CT molecular complexity index is 455. The van der Waals surface area contributed by atoms with Gasteiger partial charge in [0.2, 0.25) is 0 Å². The number of rotatable bonds is 6. The summed E-state index contributed by atoms with van der Waals surface area (Å²) in [5, 5.41) is 38.6. The second-order valence-corrected chi connectivity index (χ2v) is 4.94. The third-order valence-corrected chi connectivity index (χ3v) is 3.33. The Hall–Kier alpha value is -1.42. The fourth-order valence-corrected chi connectivity index (χ4v) is 2.18. The van der Waals surface area contributed by atoms with Gasteiger partial charge in [-0.15, -0.1) is 0 Å². The summed E-state index contributed by atoms with van der Waals surface area (Å²) in [6.45, 7) is -0.0536. The van der Waals surface area contributed by atoms with Crippen molar-refractivity contribution in [2.75, 3.05) is 19.8 Å². The van der Waals surface area contributed by atoms with Crippen molar-refractivity contribution in [1.29, 1.82) is 0 Å². The third-order valence-electron chi connectivity index (χ3n) is 3.33. The maximum Gasteiger partial charge on any atom is 0.197 e. The van der Waals surface area contributed by atoms with Gasteiger partial charge in [-0.25, -0.2) is 0 Å². The van der Waals surface area contributed by atoms with E-state index in [9.17, 15) is 20.4 Å². The van der Waals surface area contributed by atoms with Crippen molar-refractivity contribution in [1.82, 2.24) is 0 Å². The lowest BCUT2D eigenvalue weighted by molar-refractivity contribution is -0.294. The minimum Gasteiger partial charge on any atom is -0.508 e. The number of ether oxygens (including phenoxy) is 3. The first-order chi connectivity index (χ1) is 10.6. The maximum absolute atomic E-state index is 10.2. The molecule has 2 rings (SSSR count). The van der Waals surface area contributed by atoms with E-state index < -0.39 is 37.3 Å². The molecule has 1 saturated heterocycles. The minimum absolute atomic E-state index is 0.0732. The number of phenolic OH excluding ortho intramolecular Hbond substituents is 1. The summed E-state index contributed by atoms with van der Waals surface area (Å²) in [5.41, 5.74) is 5.38. The second kappa shape index (κ2) is 7.73. The van der Waals surface area contributed by atoms with Crippen molar-refractivity contribution in [3.63, 3.8) is 0 Å². The highest BCUT2D eigenvalue weighted by Crippen LogP contribution is 2.27. The lowest BCUT2D eigenvalue weighted by Gasteiger charge is -2.41. The first-order valence-corrected chi connectivity index (χ1v) is 6.96. The molecule has 2 unspecified atom stereocenters. The summed E-state index contributed by atoms with van der Waals surface area (Å²) in [6, 6.07) is 5.86. The van der Waals surface area contributed by atoms with Gasteiger partial charge in [0.1, 0.15) is 29.8 Å². The molecule has 5 atom stereocenters. The number of aliphatic hydroxyl groups excluding tert-OH is 3. The molecule has 1 aromatic rings. The van der Waals surface area contributed by atoms with Crippen LogP contribution in [0, 0.1) is 0 Å². The van der Waals surface area contributed by atoms with Gasteiger partial charge in [-0.2, -0.15) is 0 Å². The monoisotopic (exact) mass is 315 g/mol. The number of nitrogens with two attached hydrogens (primary N) is 1. The standard InChI is InChI=1S/C14H21NO7/c15-5-6-20-14-13(12(19)11(18)10(7-16)22-14)21-9-3-1-8(17)2-4-9/h1-4,10-14,16-19H,5-7,15H2/t10?,11-,12?,13-,14+/m1/s1. The number of hydrogen-bond acceptors (Lipinski definition) is 8. The van der Waals surface area contributed by atoms with E-state index in [0.717, 1.165) is 0 Å². The normalized spacial score (nSPS) is 31.9. The van der Waals surface area contributed by atoms with E-state index in [1.807, 2.05) is 0 Å². The smallest absolute Gasteiger partial charge is 0.197 e. The Morgan fingerprint density at radius 3 is 2.41 bits per heavy atom. The molecule has 1 aromatic carbocycles. The van der Waals surface area contributed by atoms with E-state index in [1.165, 1.54) is 24.3 Å². The fraction of sp³-hybridized carbons (Fsp3) is 0.571. The Labute approximate surface area is 127 Å². The van der Waals surface area contributed by atoms with Crippen LogP contribution in [0.5, 0.6) is 11.5 Å². The molecule has 8 heteroatoms. The molecular weight excluding hydrogens is 294 g/mol. The molecule has 6 N–H and O–H groups in total. The van der Waals surface area contributed by atoms with Crippen molar-refractivity contribution >= 4 is 0 Å². The van der Waals surface area contributed by atoms with Crippen molar-refractivity contribution in [2.45, 2.75) is 30.7 Å². The van der Waals surface area contributed by atoms with E-state index in [0.29, 0.717) is 5.75 Å². The highest BCUT2D eigenvalue weighted by atomic mass is 16.7. The van der Waals surface area contributed by atoms with Crippen LogP contribution in [0.15, 0.2) is 24.3 Å². The van der Waals surface area contributed by atoms with Crippen molar-refractivity contribution in [3.8, 4) is 11.5 Å². The molecule has 0 spiro atoms. The third kappa shape index (κ3) is 3.86. The topological polar surface area (TPSA) is 135 Å². The SMILES string of the molecule is NCCO[C@H]1OC(CO)[C@@H](O)C(O)[C@H]1Oc1ccc(O)cc1. The fourth-order valence-electron chi connectivity index (χ4n) is 2.18. The summed E-state index contributed by atoms with van der Waals surface area (Å²) >= 11 is 0. The number of benzene rings is 1. The summed E-state index contributed by atoms with van der Waals surface area (Å²) in [5.74, 6) is 0.436.